The van der Waals surface area contributed by atoms with Gasteiger partial charge in [-0.3, -0.25) is 14.5 Å². The summed E-state index contributed by atoms with van der Waals surface area (Å²) in [5.74, 6) is -0.795. The molecule has 1 aromatic carbocycles. The van der Waals surface area contributed by atoms with Crippen LogP contribution < -0.4 is 16.4 Å². The molecular formula is C21H25N7O4. The minimum atomic E-state index is -0.920. The molecule has 3 amide bonds. The molecule has 11 heteroatoms. The zero-order valence-corrected chi connectivity index (χ0v) is 17.7. The summed E-state index contributed by atoms with van der Waals surface area (Å²) in [5.41, 5.74) is 5.57. The number of aromatic nitrogens is 3. The Kier molecular flexibility index (Phi) is 5.89. The number of ether oxygens (including phenoxy) is 1. The van der Waals surface area contributed by atoms with Gasteiger partial charge in [-0.05, 0) is 30.9 Å². The number of nitrogens with one attached hydrogen (secondary N) is 2. The number of nitrogen functional groups attached to an aromatic ring is 1. The molecule has 1 saturated carbocycles. The summed E-state index contributed by atoms with van der Waals surface area (Å²) < 4.78 is 5.20. The van der Waals surface area contributed by atoms with Crippen molar-refractivity contribution in [2.75, 3.05) is 17.6 Å². The Hall–Kier alpha value is -3.76. The van der Waals surface area contributed by atoms with Crippen molar-refractivity contribution in [3.63, 3.8) is 0 Å². The van der Waals surface area contributed by atoms with E-state index in [1.807, 2.05) is 37.3 Å². The molecule has 2 aromatic rings. The molecule has 4 rings (SSSR count). The molecule has 4 N–H and O–H groups in total. The summed E-state index contributed by atoms with van der Waals surface area (Å²) in [6.45, 7) is 1.19. The van der Waals surface area contributed by atoms with Crippen molar-refractivity contribution < 1.29 is 19.1 Å². The highest BCUT2D eigenvalue weighted by molar-refractivity contribution is 6.08. The molecule has 1 aliphatic carbocycles. The number of hydrogen-bond donors (Lipinski definition) is 3. The second-order valence-electron chi connectivity index (χ2n) is 8.02. The number of benzene rings is 1. The summed E-state index contributed by atoms with van der Waals surface area (Å²) in [6, 6.07) is 8.67. The first-order chi connectivity index (χ1) is 15.4. The van der Waals surface area contributed by atoms with Gasteiger partial charge in [0.1, 0.15) is 12.1 Å². The third-order valence-corrected chi connectivity index (χ3v) is 5.88. The maximum Gasteiger partial charge on any atom is 0.326 e. The summed E-state index contributed by atoms with van der Waals surface area (Å²) in [6.07, 6.45) is 3.30. The van der Waals surface area contributed by atoms with Crippen molar-refractivity contribution in [3.8, 4) is 0 Å². The SMILES string of the molecule is C[C@H]1CCCC[C@@]12NC(=O)N(CC(=O)OCc1nc(N)nc(Nc3ccccc3)n1)C2=O. The van der Waals surface area contributed by atoms with Crippen LogP contribution in [-0.2, 0) is 20.9 Å². The summed E-state index contributed by atoms with van der Waals surface area (Å²) in [4.78, 5) is 50.8. The predicted molar refractivity (Wildman–Crippen MR) is 114 cm³/mol. The van der Waals surface area contributed by atoms with E-state index in [-0.39, 0.29) is 36.2 Å². The minimum absolute atomic E-state index is 0.0115. The van der Waals surface area contributed by atoms with E-state index in [4.69, 9.17) is 10.5 Å². The topological polar surface area (TPSA) is 152 Å². The lowest BCUT2D eigenvalue weighted by atomic mass is 9.73. The lowest BCUT2D eigenvalue weighted by Crippen LogP contribution is -2.54. The lowest BCUT2D eigenvalue weighted by Gasteiger charge is -2.36. The molecule has 0 unspecified atom stereocenters. The number of amides is 3. The van der Waals surface area contributed by atoms with Crippen molar-refractivity contribution in [1.29, 1.82) is 0 Å². The fourth-order valence-corrected chi connectivity index (χ4v) is 4.17. The number of carbonyl (C=O) groups is 3. The number of esters is 1. The maximum atomic E-state index is 13.0. The van der Waals surface area contributed by atoms with Crippen molar-refractivity contribution in [3.05, 3.63) is 36.2 Å². The Morgan fingerprint density at radius 1 is 1.25 bits per heavy atom. The second-order valence-corrected chi connectivity index (χ2v) is 8.02. The summed E-state index contributed by atoms with van der Waals surface area (Å²) in [5, 5.41) is 5.80. The average Bonchev–Trinajstić information content (AvgIpc) is 3.00. The van der Waals surface area contributed by atoms with Crippen LogP contribution in [0, 0.1) is 5.92 Å². The number of anilines is 3. The van der Waals surface area contributed by atoms with Crippen molar-refractivity contribution >= 4 is 35.5 Å². The standard InChI is InChI=1S/C21H25N7O4/c1-13-7-5-6-10-21(13)17(30)28(20(31)27-21)11-16(29)32-12-15-24-18(22)26-19(25-15)23-14-8-3-2-4-9-14/h2-4,8-9,13H,5-7,10-12H2,1H3,(H,27,31)(H3,22,23,24,25,26)/t13-,21+/m0/s1. The second kappa shape index (κ2) is 8.77. The Morgan fingerprint density at radius 2 is 2.03 bits per heavy atom. The van der Waals surface area contributed by atoms with Gasteiger partial charge in [-0.15, -0.1) is 0 Å². The normalized spacial score (nSPS) is 22.7. The monoisotopic (exact) mass is 439 g/mol. The van der Waals surface area contributed by atoms with E-state index in [2.05, 4.69) is 25.6 Å². The van der Waals surface area contributed by atoms with E-state index in [9.17, 15) is 14.4 Å². The number of urea groups is 1. The highest BCUT2D eigenvalue weighted by Gasteiger charge is 2.55. The summed E-state index contributed by atoms with van der Waals surface area (Å²) >= 11 is 0. The molecule has 1 aliphatic heterocycles. The van der Waals surface area contributed by atoms with Crippen LogP contribution in [0.15, 0.2) is 30.3 Å². The fourth-order valence-electron chi connectivity index (χ4n) is 4.17. The minimum Gasteiger partial charge on any atom is -0.456 e. The Bertz CT molecular complexity index is 1030. The van der Waals surface area contributed by atoms with Gasteiger partial charge in [0.05, 0.1) is 0 Å². The van der Waals surface area contributed by atoms with Crippen LogP contribution in [0.1, 0.15) is 38.4 Å². The number of nitrogens with two attached hydrogens (primary N) is 1. The van der Waals surface area contributed by atoms with Gasteiger partial charge in [-0.25, -0.2) is 4.79 Å². The van der Waals surface area contributed by atoms with Crippen LogP contribution in [0.4, 0.5) is 22.4 Å². The quantitative estimate of drug-likeness (QED) is 0.451. The highest BCUT2D eigenvalue weighted by atomic mass is 16.5. The van der Waals surface area contributed by atoms with E-state index in [1.54, 1.807) is 0 Å². The van der Waals surface area contributed by atoms with Gasteiger partial charge in [-0.2, -0.15) is 15.0 Å². The van der Waals surface area contributed by atoms with Gasteiger partial charge in [-0.1, -0.05) is 38.0 Å². The van der Waals surface area contributed by atoms with Gasteiger partial charge in [0, 0.05) is 5.69 Å². The smallest absolute Gasteiger partial charge is 0.326 e. The molecule has 168 valence electrons. The molecule has 11 nitrogen and oxygen atoms in total. The molecule has 32 heavy (non-hydrogen) atoms. The van der Waals surface area contributed by atoms with Gasteiger partial charge in [0.25, 0.3) is 5.91 Å². The van der Waals surface area contributed by atoms with Gasteiger partial charge < -0.3 is 21.1 Å². The first-order valence-corrected chi connectivity index (χ1v) is 10.5. The van der Waals surface area contributed by atoms with E-state index >= 15 is 0 Å². The number of rotatable bonds is 6. The first kappa shape index (κ1) is 21.5. The molecule has 0 bridgehead atoms. The third kappa shape index (κ3) is 4.32. The van der Waals surface area contributed by atoms with Crippen molar-refractivity contribution in [2.24, 2.45) is 5.92 Å². The molecule has 2 fully saturated rings. The van der Waals surface area contributed by atoms with E-state index in [0.717, 1.165) is 29.8 Å². The van der Waals surface area contributed by atoms with Crippen LogP contribution in [0.3, 0.4) is 0 Å². The average molecular weight is 439 g/mol. The van der Waals surface area contributed by atoms with Crippen LogP contribution in [0.2, 0.25) is 0 Å². The number of para-hydroxylation sites is 1. The molecule has 2 aliphatic rings. The van der Waals surface area contributed by atoms with Gasteiger partial charge in [0.15, 0.2) is 12.4 Å². The number of hydrogen-bond acceptors (Lipinski definition) is 9. The largest absolute Gasteiger partial charge is 0.456 e. The number of nitrogens with zero attached hydrogens (tertiary/aromatic N) is 4. The number of imide groups is 1. The van der Waals surface area contributed by atoms with E-state index in [0.29, 0.717) is 6.42 Å². The van der Waals surface area contributed by atoms with Crippen LogP contribution in [0.5, 0.6) is 0 Å². The van der Waals surface area contributed by atoms with Crippen LogP contribution >= 0.6 is 0 Å². The van der Waals surface area contributed by atoms with Gasteiger partial charge in [0.2, 0.25) is 11.9 Å². The highest BCUT2D eigenvalue weighted by Crippen LogP contribution is 2.38. The maximum absolute atomic E-state index is 13.0. The van der Waals surface area contributed by atoms with Crippen molar-refractivity contribution in [2.45, 2.75) is 44.8 Å². The zero-order valence-electron chi connectivity index (χ0n) is 17.7. The fraction of sp³-hybridized carbons (Fsp3) is 0.429. The lowest BCUT2D eigenvalue weighted by molar-refractivity contribution is -0.149. The van der Waals surface area contributed by atoms with E-state index < -0.39 is 24.1 Å². The zero-order chi connectivity index (χ0) is 22.7. The molecular weight excluding hydrogens is 414 g/mol. The predicted octanol–water partition coefficient (Wildman–Crippen LogP) is 1.74. The van der Waals surface area contributed by atoms with Crippen LogP contribution in [0.25, 0.3) is 0 Å². The van der Waals surface area contributed by atoms with Gasteiger partial charge >= 0.3 is 12.0 Å². The number of carbonyl (C=O) groups excluding carboxylic acids is 3. The molecule has 2 heterocycles. The summed E-state index contributed by atoms with van der Waals surface area (Å²) in [7, 11) is 0. The first-order valence-electron chi connectivity index (χ1n) is 10.5. The van der Waals surface area contributed by atoms with Crippen LogP contribution in [-0.4, -0.2) is 49.8 Å². The Morgan fingerprint density at radius 3 is 2.78 bits per heavy atom. The molecule has 1 saturated heterocycles. The third-order valence-electron chi connectivity index (χ3n) is 5.88. The Balaban J connectivity index is 1.37. The molecule has 1 spiro atoms. The van der Waals surface area contributed by atoms with E-state index in [1.165, 1.54) is 0 Å². The van der Waals surface area contributed by atoms with Crippen molar-refractivity contribution in [1.82, 2.24) is 25.2 Å². The Labute approximate surface area is 184 Å². The molecule has 2 atom stereocenters. The molecule has 1 aromatic heterocycles. The molecule has 0 radical (unpaired) electrons.